The van der Waals surface area contributed by atoms with E-state index in [0.29, 0.717) is 17.6 Å². The van der Waals surface area contributed by atoms with Gasteiger partial charge in [0.05, 0.1) is 16.9 Å². The van der Waals surface area contributed by atoms with Gasteiger partial charge in [-0.05, 0) is 36.8 Å². The maximum Gasteiger partial charge on any atom is 0.197 e. The number of thioether (sulfide) groups is 2. The SMILES string of the molecule is COc1ccc(C(=O)C(C=O)=C(SC)SC)cc1. The van der Waals surface area contributed by atoms with Crippen molar-refractivity contribution in [2.24, 2.45) is 0 Å². The van der Waals surface area contributed by atoms with E-state index in [0.717, 1.165) is 4.24 Å². The van der Waals surface area contributed by atoms with Gasteiger partial charge in [0.15, 0.2) is 12.1 Å². The second kappa shape index (κ2) is 7.28. The molecule has 0 bridgehead atoms. The zero-order valence-electron chi connectivity index (χ0n) is 10.4. The molecule has 96 valence electrons. The first-order valence-corrected chi connectivity index (χ1v) is 7.59. The number of allylic oxidation sites excluding steroid dienone is 1. The number of ketones is 1. The van der Waals surface area contributed by atoms with Crippen LogP contribution >= 0.6 is 23.5 Å². The first-order valence-electron chi connectivity index (χ1n) is 5.14. The van der Waals surface area contributed by atoms with Crippen molar-refractivity contribution in [3.8, 4) is 5.75 Å². The average Bonchev–Trinajstić information content (AvgIpc) is 2.44. The maximum atomic E-state index is 12.2. The summed E-state index contributed by atoms with van der Waals surface area (Å²) in [5.41, 5.74) is 0.693. The van der Waals surface area contributed by atoms with E-state index >= 15 is 0 Å². The van der Waals surface area contributed by atoms with Crippen molar-refractivity contribution < 1.29 is 14.3 Å². The highest BCUT2D eigenvalue weighted by Gasteiger charge is 2.16. The van der Waals surface area contributed by atoms with Crippen LogP contribution in [0.5, 0.6) is 5.75 Å². The summed E-state index contributed by atoms with van der Waals surface area (Å²) in [6.07, 6.45) is 4.31. The Labute approximate surface area is 115 Å². The Hall–Kier alpha value is -1.20. The normalized spacial score (nSPS) is 9.72. The molecule has 0 radical (unpaired) electrons. The molecule has 1 rings (SSSR count). The van der Waals surface area contributed by atoms with Crippen molar-refractivity contribution in [1.29, 1.82) is 0 Å². The molecule has 3 nitrogen and oxygen atoms in total. The summed E-state index contributed by atoms with van der Waals surface area (Å²) < 4.78 is 5.75. The molecular formula is C13H14O3S2. The van der Waals surface area contributed by atoms with Crippen molar-refractivity contribution in [3.05, 3.63) is 39.6 Å². The van der Waals surface area contributed by atoms with Crippen LogP contribution in [0.3, 0.4) is 0 Å². The van der Waals surface area contributed by atoms with Gasteiger partial charge in [0, 0.05) is 5.56 Å². The molecule has 1 aromatic carbocycles. The van der Waals surface area contributed by atoms with E-state index in [1.807, 2.05) is 12.5 Å². The molecule has 0 spiro atoms. The summed E-state index contributed by atoms with van der Waals surface area (Å²) in [5, 5.41) is 0. The lowest BCUT2D eigenvalue weighted by atomic mass is 10.1. The van der Waals surface area contributed by atoms with E-state index in [1.165, 1.54) is 23.5 Å². The Bertz CT molecular complexity index is 458. The number of aldehydes is 1. The minimum atomic E-state index is -0.258. The third-order valence-corrected chi connectivity index (χ3v) is 4.49. The quantitative estimate of drug-likeness (QED) is 0.264. The highest BCUT2D eigenvalue weighted by molar-refractivity contribution is 8.21. The van der Waals surface area contributed by atoms with Gasteiger partial charge in [-0.1, -0.05) is 0 Å². The van der Waals surface area contributed by atoms with Gasteiger partial charge in [-0.2, -0.15) is 0 Å². The van der Waals surface area contributed by atoms with Crippen LogP contribution in [0.1, 0.15) is 10.4 Å². The zero-order valence-corrected chi connectivity index (χ0v) is 12.1. The van der Waals surface area contributed by atoms with E-state index in [1.54, 1.807) is 31.4 Å². The highest BCUT2D eigenvalue weighted by atomic mass is 32.2. The molecule has 0 saturated heterocycles. The molecule has 5 heteroatoms. The second-order valence-corrected chi connectivity index (χ2v) is 5.18. The van der Waals surface area contributed by atoms with Crippen LogP contribution in [-0.4, -0.2) is 31.7 Å². The Morgan fingerprint density at radius 2 is 1.72 bits per heavy atom. The van der Waals surface area contributed by atoms with Crippen molar-refractivity contribution in [2.75, 3.05) is 19.6 Å². The van der Waals surface area contributed by atoms with Crippen LogP contribution in [-0.2, 0) is 4.79 Å². The molecule has 0 amide bonds. The first kappa shape index (κ1) is 14.9. The predicted molar refractivity (Wildman–Crippen MR) is 77.4 cm³/mol. The lowest BCUT2D eigenvalue weighted by Crippen LogP contribution is -2.06. The van der Waals surface area contributed by atoms with Crippen molar-refractivity contribution >= 4 is 35.6 Å². The minimum absolute atomic E-state index is 0.208. The molecule has 0 unspecified atom stereocenters. The van der Waals surface area contributed by atoms with Crippen molar-refractivity contribution in [3.63, 3.8) is 0 Å². The van der Waals surface area contributed by atoms with Gasteiger partial charge in [-0.15, -0.1) is 23.5 Å². The number of rotatable bonds is 6. The number of hydrogen-bond donors (Lipinski definition) is 0. The number of ether oxygens (including phenoxy) is 1. The molecule has 0 aliphatic carbocycles. The summed E-state index contributed by atoms with van der Waals surface area (Å²) >= 11 is 2.80. The van der Waals surface area contributed by atoms with Crippen LogP contribution in [0.25, 0.3) is 0 Å². The number of methoxy groups -OCH3 is 1. The summed E-state index contributed by atoms with van der Waals surface area (Å²) in [6.45, 7) is 0. The van der Waals surface area contributed by atoms with E-state index in [-0.39, 0.29) is 11.4 Å². The molecule has 0 atom stereocenters. The molecule has 0 heterocycles. The molecule has 0 N–H and O–H groups in total. The first-order chi connectivity index (χ1) is 8.67. The van der Waals surface area contributed by atoms with E-state index in [9.17, 15) is 9.59 Å². The fraction of sp³-hybridized carbons (Fsp3) is 0.231. The number of Topliss-reactive ketones (excluding diaryl/α,β-unsaturated/α-hetero) is 1. The van der Waals surface area contributed by atoms with E-state index < -0.39 is 0 Å². The van der Waals surface area contributed by atoms with Gasteiger partial charge in [-0.25, -0.2) is 0 Å². The van der Waals surface area contributed by atoms with Gasteiger partial charge in [0.2, 0.25) is 0 Å². The van der Waals surface area contributed by atoms with Crippen molar-refractivity contribution in [1.82, 2.24) is 0 Å². The molecule has 18 heavy (non-hydrogen) atoms. The van der Waals surface area contributed by atoms with Gasteiger partial charge in [-0.3, -0.25) is 9.59 Å². The third kappa shape index (κ3) is 3.40. The Kier molecular flexibility index (Phi) is 6.01. The van der Waals surface area contributed by atoms with Crippen LogP contribution in [0.2, 0.25) is 0 Å². The van der Waals surface area contributed by atoms with Crippen LogP contribution in [0.15, 0.2) is 34.1 Å². The summed E-state index contributed by atoms with van der Waals surface area (Å²) in [6, 6.07) is 6.72. The molecule has 0 aliphatic heterocycles. The fourth-order valence-electron chi connectivity index (χ4n) is 1.40. The Morgan fingerprint density at radius 1 is 1.17 bits per heavy atom. The number of carbonyl (C=O) groups excluding carboxylic acids is 2. The van der Waals surface area contributed by atoms with Gasteiger partial charge in [0.25, 0.3) is 0 Å². The van der Waals surface area contributed by atoms with E-state index in [4.69, 9.17) is 4.74 Å². The van der Waals surface area contributed by atoms with E-state index in [2.05, 4.69) is 0 Å². The predicted octanol–water partition coefficient (Wildman–Crippen LogP) is 3.01. The third-order valence-electron chi connectivity index (χ3n) is 2.31. The zero-order chi connectivity index (χ0) is 13.5. The standard InChI is InChI=1S/C13H14O3S2/c1-16-10-6-4-9(5-7-10)12(15)11(8-14)13(17-2)18-3/h4-8H,1-3H3. The summed E-state index contributed by atoms with van der Waals surface area (Å²) in [4.78, 5) is 23.3. The lowest BCUT2D eigenvalue weighted by molar-refractivity contribution is -0.104. The number of benzene rings is 1. The maximum absolute atomic E-state index is 12.2. The van der Waals surface area contributed by atoms with Crippen LogP contribution < -0.4 is 4.74 Å². The largest absolute Gasteiger partial charge is 0.497 e. The average molecular weight is 282 g/mol. The van der Waals surface area contributed by atoms with Gasteiger partial charge >= 0.3 is 0 Å². The highest BCUT2D eigenvalue weighted by Crippen LogP contribution is 2.28. The Morgan fingerprint density at radius 3 is 2.11 bits per heavy atom. The molecule has 0 saturated carbocycles. The summed E-state index contributed by atoms with van der Waals surface area (Å²) in [7, 11) is 1.56. The summed E-state index contributed by atoms with van der Waals surface area (Å²) in [5.74, 6) is 0.421. The fourth-order valence-corrected chi connectivity index (χ4v) is 2.78. The van der Waals surface area contributed by atoms with Crippen LogP contribution in [0.4, 0.5) is 0 Å². The minimum Gasteiger partial charge on any atom is -0.497 e. The lowest BCUT2D eigenvalue weighted by Gasteiger charge is -2.06. The van der Waals surface area contributed by atoms with Crippen molar-refractivity contribution in [2.45, 2.75) is 0 Å². The topological polar surface area (TPSA) is 43.4 Å². The van der Waals surface area contributed by atoms with Crippen LogP contribution in [0, 0.1) is 0 Å². The number of hydrogen-bond acceptors (Lipinski definition) is 5. The second-order valence-electron chi connectivity index (χ2n) is 3.28. The number of carbonyl (C=O) groups is 2. The molecule has 1 aromatic rings. The molecular weight excluding hydrogens is 268 g/mol. The Balaban J connectivity index is 3.11. The monoisotopic (exact) mass is 282 g/mol. The van der Waals surface area contributed by atoms with Gasteiger partial charge < -0.3 is 4.74 Å². The molecule has 0 aromatic heterocycles. The molecule has 0 fully saturated rings. The molecule has 0 aliphatic rings. The smallest absolute Gasteiger partial charge is 0.197 e. The van der Waals surface area contributed by atoms with Gasteiger partial charge in [0.1, 0.15) is 5.75 Å².